The van der Waals surface area contributed by atoms with E-state index in [1.165, 1.54) is 39.4 Å². The third-order valence-corrected chi connectivity index (χ3v) is 2.32. The third-order valence-electron chi connectivity index (χ3n) is 2.32. The number of carbonyl (C=O) groups is 1. The van der Waals surface area contributed by atoms with E-state index in [-0.39, 0.29) is 0 Å². The summed E-state index contributed by atoms with van der Waals surface area (Å²) in [4.78, 5) is 11.3. The van der Waals surface area contributed by atoms with E-state index in [1.807, 2.05) is 19.1 Å². The molecule has 0 spiro atoms. The van der Waals surface area contributed by atoms with Gasteiger partial charge in [0.15, 0.2) is 0 Å². The van der Waals surface area contributed by atoms with Gasteiger partial charge in [-0.25, -0.2) is 0 Å². The summed E-state index contributed by atoms with van der Waals surface area (Å²) in [6.07, 6.45) is 13.0. The van der Waals surface area contributed by atoms with E-state index >= 15 is 0 Å². The zero-order valence-corrected chi connectivity index (χ0v) is 12.0. The number of allylic oxidation sites excluding steroid dienone is 4. The maximum Gasteiger partial charge on any atom is 0.116 e. The lowest BCUT2D eigenvalue weighted by Crippen LogP contribution is -2.17. The fourth-order valence-electron chi connectivity index (χ4n) is 1.42. The molecule has 1 saturated heterocycles. The molecule has 1 rings (SSSR count). The van der Waals surface area contributed by atoms with Crippen LogP contribution in [0.4, 0.5) is 0 Å². The van der Waals surface area contributed by atoms with Crippen LogP contribution >= 0.6 is 0 Å². The van der Waals surface area contributed by atoms with Crippen molar-refractivity contribution in [2.75, 3.05) is 19.6 Å². The number of likely N-dealkylation sites (tertiary alicyclic amines) is 1. The smallest absolute Gasteiger partial charge is 0.116 e. The van der Waals surface area contributed by atoms with Crippen molar-refractivity contribution < 1.29 is 4.79 Å². The Morgan fingerprint density at radius 3 is 1.88 bits per heavy atom. The van der Waals surface area contributed by atoms with Gasteiger partial charge in [-0.05, 0) is 52.7 Å². The van der Waals surface area contributed by atoms with Gasteiger partial charge >= 0.3 is 0 Å². The van der Waals surface area contributed by atoms with Gasteiger partial charge in [-0.2, -0.15) is 0 Å². The molecule has 0 amide bonds. The number of hydrogen-bond acceptors (Lipinski definition) is 2. The first-order chi connectivity index (χ1) is 8.26. The summed E-state index contributed by atoms with van der Waals surface area (Å²) in [5.74, 6) is 0. The summed E-state index contributed by atoms with van der Waals surface area (Å²) < 4.78 is 0. The largest absolute Gasteiger partial charge is 0.304 e. The van der Waals surface area contributed by atoms with Gasteiger partial charge in [0.1, 0.15) is 6.29 Å². The second-order valence-corrected chi connectivity index (χ2v) is 3.74. The molecular formula is C15H29NO. The Bertz CT molecular complexity index is 191. The maximum atomic E-state index is 8.81. The molecule has 0 unspecified atom stereocenters. The molecule has 1 fully saturated rings. The highest BCUT2D eigenvalue weighted by Crippen LogP contribution is 2.04. The van der Waals surface area contributed by atoms with E-state index in [2.05, 4.69) is 30.9 Å². The maximum absolute atomic E-state index is 8.81. The summed E-state index contributed by atoms with van der Waals surface area (Å²) in [6.45, 7) is 11.7. The predicted molar refractivity (Wildman–Crippen MR) is 77.3 cm³/mol. The molecule has 1 aliphatic rings. The Morgan fingerprint density at radius 2 is 1.59 bits per heavy atom. The van der Waals surface area contributed by atoms with Gasteiger partial charge in [0, 0.05) is 0 Å². The fourth-order valence-corrected chi connectivity index (χ4v) is 1.42. The van der Waals surface area contributed by atoms with Crippen molar-refractivity contribution in [1.82, 2.24) is 4.90 Å². The van der Waals surface area contributed by atoms with E-state index in [4.69, 9.17) is 4.79 Å². The Balaban J connectivity index is 0. The number of carbonyl (C=O) groups excluding carboxylic acids is 1. The van der Waals surface area contributed by atoms with E-state index in [1.54, 1.807) is 0 Å². The minimum Gasteiger partial charge on any atom is -0.304 e. The molecule has 17 heavy (non-hydrogen) atoms. The van der Waals surface area contributed by atoms with E-state index in [0.717, 1.165) is 12.7 Å². The van der Waals surface area contributed by atoms with Crippen LogP contribution in [-0.2, 0) is 4.79 Å². The zero-order chi connectivity index (χ0) is 13.4. The van der Waals surface area contributed by atoms with Crippen molar-refractivity contribution in [2.45, 2.75) is 47.0 Å². The van der Waals surface area contributed by atoms with Crippen molar-refractivity contribution in [3.8, 4) is 0 Å². The van der Waals surface area contributed by atoms with Crippen LogP contribution in [0.15, 0.2) is 24.3 Å². The first-order valence-corrected chi connectivity index (χ1v) is 6.66. The summed E-state index contributed by atoms with van der Waals surface area (Å²) in [6, 6.07) is 0. The van der Waals surface area contributed by atoms with Gasteiger partial charge in [-0.3, -0.25) is 0 Å². The summed E-state index contributed by atoms with van der Waals surface area (Å²) in [5.41, 5.74) is 0. The Hall–Kier alpha value is -0.890. The normalized spacial score (nSPS) is 15.3. The molecule has 100 valence electrons. The summed E-state index contributed by atoms with van der Waals surface area (Å²) >= 11 is 0. The number of nitrogens with zero attached hydrogens (tertiary/aromatic N) is 1. The predicted octanol–water partition coefficient (Wildman–Crippen LogP) is 3.84. The first-order valence-electron chi connectivity index (χ1n) is 6.66. The Morgan fingerprint density at radius 1 is 1.06 bits per heavy atom. The first kappa shape index (κ1) is 18.5. The molecule has 0 aromatic rings. The molecule has 0 N–H and O–H groups in total. The molecule has 0 atom stereocenters. The minimum absolute atomic E-state index is 0.750. The third kappa shape index (κ3) is 17.7. The van der Waals surface area contributed by atoms with Crippen molar-refractivity contribution >= 4 is 6.29 Å². The number of rotatable bonds is 3. The summed E-state index contributed by atoms with van der Waals surface area (Å²) in [5, 5.41) is 0. The number of aldehydes is 1. The van der Waals surface area contributed by atoms with Crippen LogP contribution in [-0.4, -0.2) is 30.8 Å². The highest BCUT2D eigenvalue weighted by atomic mass is 16.1. The second kappa shape index (κ2) is 17.5. The molecule has 0 saturated carbocycles. The fraction of sp³-hybridized carbons (Fsp3) is 0.667. The van der Waals surface area contributed by atoms with Crippen LogP contribution in [0.3, 0.4) is 0 Å². The highest BCUT2D eigenvalue weighted by Gasteiger charge is 2.06. The minimum atomic E-state index is 0.750. The molecule has 0 radical (unpaired) electrons. The number of hydrogen-bond donors (Lipinski definition) is 0. The molecule has 0 bridgehead atoms. The molecule has 0 aromatic heterocycles. The van der Waals surface area contributed by atoms with Crippen LogP contribution in [0.1, 0.15) is 47.0 Å². The lowest BCUT2D eigenvalue weighted by Gasteiger charge is -2.08. The molecule has 0 aliphatic carbocycles. The van der Waals surface area contributed by atoms with Gasteiger partial charge in [0.2, 0.25) is 0 Å². The lowest BCUT2D eigenvalue weighted by atomic mass is 10.4. The average molecular weight is 239 g/mol. The highest BCUT2D eigenvalue weighted by molar-refractivity contribution is 5.44. The molecule has 2 heteroatoms. The quantitative estimate of drug-likeness (QED) is 0.551. The van der Waals surface area contributed by atoms with Gasteiger partial charge < -0.3 is 9.69 Å². The Labute approximate surface area is 107 Å². The Kier molecular flexibility index (Phi) is 19.0. The van der Waals surface area contributed by atoms with E-state index < -0.39 is 0 Å². The SMILES string of the molecule is C/C=C\C=C/CC.CC=O.CCN1CCCC1. The molecule has 2 nitrogen and oxygen atoms in total. The van der Waals surface area contributed by atoms with Gasteiger partial charge in [-0.1, -0.05) is 38.2 Å². The van der Waals surface area contributed by atoms with Gasteiger partial charge in [-0.15, -0.1) is 0 Å². The molecule has 0 aromatic carbocycles. The van der Waals surface area contributed by atoms with Crippen LogP contribution in [0, 0.1) is 0 Å². The van der Waals surface area contributed by atoms with Crippen LogP contribution in [0.5, 0.6) is 0 Å². The molecule has 1 aliphatic heterocycles. The zero-order valence-electron chi connectivity index (χ0n) is 12.0. The topological polar surface area (TPSA) is 20.3 Å². The molecule has 1 heterocycles. The van der Waals surface area contributed by atoms with Crippen LogP contribution in [0.25, 0.3) is 0 Å². The van der Waals surface area contributed by atoms with Crippen LogP contribution < -0.4 is 0 Å². The second-order valence-electron chi connectivity index (χ2n) is 3.74. The average Bonchev–Trinajstić information content (AvgIpc) is 2.84. The lowest BCUT2D eigenvalue weighted by molar-refractivity contribution is -0.106. The van der Waals surface area contributed by atoms with E-state index in [0.29, 0.717) is 0 Å². The van der Waals surface area contributed by atoms with Crippen molar-refractivity contribution in [2.24, 2.45) is 0 Å². The van der Waals surface area contributed by atoms with Gasteiger partial charge in [0.05, 0.1) is 0 Å². The van der Waals surface area contributed by atoms with Gasteiger partial charge in [0.25, 0.3) is 0 Å². The summed E-state index contributed by atoms with van der Waals surface area (Å²) in [7, 11) is 0. The molecular weight excluding hydrogens is 210 g/mol. The van der Waals surface area contributed by atoms with Crippen molar-refractivity contribution in [1.29, 1.82) is 0 Å². The van der Waals surface area contributed by atoms with Crippen molar-refractivity contribution in [3.63, 3.8) is 0 Å². The standard InChI is InChI=1S/C7H12.C6H13N.C2H4O/c1-3-5-7-6-4-2;1-2-7-5-3-4-6-7;1-2-3/h3,5-7H,4H2,1-2H3;2-6H2,1H3;2H,1H3/b5-3-,7-6-;;. The van der Waals surface area contributed by atoms with E-state index in [9.17, 15) is 0 Å². The van der Waals surface area contributed by atoms with Crippen molar-refractivity contribution in [3.05, 3.63) is 24.3 Å². The van der Waals surface area contributed by atoms with Crippen LogP contribution in [0.2, 0.25) is 0 Å². The monoisotopic (exact) mass is 239 g/mol.